The van der Waals surface area contributed by atoms with Gasteiger partial charge in [0.25, 0.3) is 0 Å². The molecule has 0 saturated carbocycles. The molecule has 130 valence electrons. The fraction of sp³-hybridized carbons (Fsp3) is 0.667. The summed E-state index contributed by atoms with van der Waals surface area (Å²) in [5, 5.41) is 9.25. The molecule has 0 bridgehead atoms. The van der Waals surface area contributed by atoms with Crippen molar-refractivity contribution >= 4 is 5.69 Å². The first-order valence-corrected chi connectivity index (χ1v) is 9.38. The molecular formula is C21H31N3. The maximum atomic E-state index is 9.25. The van der Waals surface area contributed by atoms with E-state index < -0.39 is 0 Å². The maximum absolute atomic E-state index is 9.25. The number of nitriles is 1. The molecule has 1 atom stereocenters. The molecule has 3 nitrogen and oxygen atoms in total. The average molecular weight is 326 g/mol. The number of benzene rings is 1. The molecule has 2 aliphatic rings. The van der Waals surface area contributed by atoms with E-state index in [1.165, 1.54) is 50.1 Å². The summed E-state index contributed by atoms with van der Waals surface area (Å²) in [7, 11) is 0. The second kappa shape index (κ2) is 6.41. The summed E-state index contributed by atoms with van der Waals surface area (Å²) >= 11 is 0. The molecule has 3 heteroatoms. The van der Waals surface area contributed by atoms with Crippen LogP contribution in [0.15, 0.2) is 12.1 Å². The predicted octanol–water partition coefficient (Wildman–Crippen LogP) is 4.26. The van der Waals surface area contributed by atoms with Gasteiger partial charge in [-0.05, 0) is 95.6 Å². The van der Waals surface area contributed by atoms with Crippen molar-refractivity contribution < 1.29 is 0 Å². The van der Waals surface area contributed by atoms with Crippen molar-refractivity contribution in [3.05, 3.63) is 28.8 Å². The van der Waals surface area contributed by atoms with Crippen LogP contribution in [0.4, 0.5) is 5.69 Å². The normalized spacial score (nSPS) is 23.9. The number of rotatable bonds is 2. The molecular weight excluding hydrogens is 294 g/mol. The third-order valence-corrected chi connectivity index (χ3v) is 6.54. The van der Waals surface area contributed by atoms with Crippen molar-refractivity contribution in [2.45, 2.75) is 66.0 Å². The Hall–Kier alpha value is -1.53. The van der Waals surface area contributed by atoms with Gasteiger partial charge in [0.15, 0.2) is 0 Å². The highest BCUT2D eigenvalue weighted by Crippen LogP contribution is 2.46. The Morgan fingerprint density at radius 2 is 1.83 bits per heavy atom. The Bertz CT molecular complexity index is 648. The summed E-state index contributed by atoms with van der Waals surface area (Å²) in [5.74, 6) is 0. The van der Waals surface area contributed by atoms with Gasteiger partial charge in [0.05, 0.1) is 11.6 Å². The fourth-order valence-corrected chi connectivity index (χ4v) is 4.76. The summed E-state index contributed by atoms with van der Waals surface area (Å²) < 4.78 is 0. The van der Waals surface area contributed by atoms with Gasteiger partial charge in [-0.3, -0.25) is 0 Å². The lowest BCUT2D eigenvalue weighted by atomic mass is 9.76. The van der Waals surface area contributed by atoms with Crippen molar-refractivity contribution in [2.24, 2.45) is 5.41 Å². The molecule has 0 N–H and O–H groups in total. The minimum atomic E-state index is 0.485. The van der Waals surface area contributed by atoms with Gasteiger partial charge in [-0.15, -0.1) is 0 Å². The molecule has 0 amide bonds. The first-order chi connectivity index (χ1) is 11.4. The van der Waals surface area contributed by atoms with Crippen molar-refractivity contribution in [2.75, 3.05) is 24.5 Å². The van der Waals surface area contributed by atoms with Gasteiger partial charge in [0.1, 0.15) is 0 Å². The molecule has 2 aliphatic heterocycles. The molecule has 0 radical (unpaired) electrons. The Kier molecular flexibility index (Phi) is 4.62. The zero-order chi connectivity index (χ0) is 17.5. The van der Waals surface area contributed by atoms with E-state index in [9.17, 15) is 5.26 Å². The van der Waals surface area contributed by atoms with Crippen LogP contribution >= 0.6 is 0 Å². The number of hydrogen-bond acceptors (Lipinski definition) is 3. The molecule has 1 aromatic rings. The van der Waals surface area contributed by atoms with Crippen molar-refractivity contribution in [3.8, 4) is 6.07 Å². The lowest BCUT2D eigenvalue weighted by Crippen LogP contribution is -2.44. The monoisotopic (exact) mass is 325 g/mol. The van der Waals surface area contributed by atoms with Gasteiger partial charge in [-0.25, -0.2) is 0 Å². The molecule has 2 heterocycles. The van der Waals surface area contributed by atoms with Crippen LogP contribution in [0, 0.1) is 30.6 Å². The third kappa shape index (κ3) is 2.93. The molecule has 2 fully saturated rings. The van der Waals surface area contributed by atoms with Crippen LogP contribution in [0.5, 0.6) is 0 Å². The van der Waals surface area contributed by atoms with Gasteiger partial charge in [-0.2, -0.15) is 5.26 Å². The largest absolute Gasteiger partial charge is 0.368 e. The van der Waals surface area contributed by atoms with E-state index in [4.69, 9.17) is 0 Å². The number of anilines is 1. The van der Waals surface area contributed by atoms with E-state index >= 15 is 0 Å². The number of likely N-dealkylation sites (tertiary alicyclic amines) is 1. The highest BCUT2D eigenvalue weighted by molar-refractivity contribution is 5.61. The molecule has 1 unspecified atom stereocenters. The summed E-state index contributed by atoms with van der Waals surface area (Å²) in [6.45, 7) is 14.9. The van der Waals surface area contributed by atoms with Crippen LogP contribution in [0.2, 0.25) is 0 Å². The van der Waals surface area contributed by atoms with E-state index in [2.05, 4.69) is 56.6 Å². The first kappa shape index (κ1) is 17.3. The van der Waals surface area contributed by atoms with Gasteiger partial charge in [-0.1, -0.05) is 0 Å². The number of nitrogens with zero attached hydrogens (tertiary/aromatic N) is 3. The molecule has 24 heavy (non-hydrogen) atoms. The minimum absolute atomic E-state index is 0.485. The first-order valence-electron chi connectivity index (χ1n) is 9.38. The molecule has 1 spiro atoms. The fourth-order valence-electron chi connectivity index (χ4n) is 4.76. The van der Waals surface area contributed by atoms with Gasteiger partial charge < -0.3 is 9.80 Å². The van der Waals surface area contributed by atoms with E-state index in [1.54, 1.807) is 0 Å². The zero-order valence-electron chi connectivity index (χ0n) is 15.9. The van der Waals surface area contributed by atoms with Gasteiger partial charge in [0, 0.05) is 24.3 Å². The predicted molar refractivity (Wildman–Crippen MR) is 100 cm³/mol. The molecule has 2 saturated heterocycles. The van der Waals surface area contributed by atoms with E-state index in [0.29, 0.717) is 17.5 Å². The summed E-state index contributed by atoms with van der Waals surface area (Å²) in [6, 6.07) is 7.73. The Morgan fingerprint density at radius 1 is 1.17 bits per heavy atom. The lowest BCUT2D eigenvalue weighted by molar-refractivity contribution is 0.0951. The van der Waals surface area contributed by atoms with Gasteiger partial charge >= 0.3 is 0 Å². The second-order valence-electron chi connectivity index (χ2n) is 8.30. The van der Waals surface area contributed by atoms with Crippen LogP contribution < -0.4 is 4.90 Å². The highest BCUT2D eigenvalue weighted by Gasteiger charge is 2.44. The number of piperidine rings is 1. The molecule has 0 aliphatic carbocycles. The second-order valence-corrected chi connectivity index (χ2v) is 8.30. The van der Waals surface area contributed by atoms with E-state index in [0.717, 1.165) is 11.1 Å². The Morgan fingerprint density at radius 3 is 2.42 bits per heavy atom. The smallest absolute Gasteiger partial charge is 0.0994 e. The van der Waals surface area contributed by atoms with Crippen LogP contribution in [0.3, 0.4) is 0 Å². The Labute approximate surface area is 147 Å². The van der Waals surface area contributed by atoms with Gasteiger partial charge in [0.2, 0.25) is 0 Å². The zero-order valence-corrected chi connectivity index (χ0v) is 15.9. The molecule has 3 rings (SSSR count). The van der Waals surface area contributed by atoms with E-state index in [1.807, 2.05) is 6.07 Å². The van der Waals surface area contributed by atoms with Crippen LogP contribution in [0.25, 0.3) is 0 Å². The quantitative estimate of drug-likeness (QED) is 0.813. The summed E-state index contributed by atoms with van der Waals surface area (Å²) in [5.41, 5.74) is 5.04. The minimum Gasteiger partial charge on any atom is -0.368 e. The molecule has 0 aromatic heterocycles. The Balaban J connectivity index is 1.80. The van der Waals surface area contributed by atoms with Crippen molar-refractivity contribution in [1.82, 2.24) is 4.90 Å². The lowest BCUT2D eigenvalue weighted by Gasteiger charge is -2.41. The topological polar surface area (TPSA) is 30.3 Å². The van der Waals surface area contributed by atoms with Crippen LogP contribution in [-0.4, -0.2) is 36.6 Å². The standard InChI is InChI=1S/C21H31N3/c1-15(2)23-10-8-21(9-11-23)12-16(3)24(14-21)20-7-6-19(13-22)17(4)18(20)5/h6-7,15-16H,8-12,14H2,1-5H3. The molecule has 1 aromatic carbocycles. The highest BCUT2D eigenvalue weighted by atomic mass is 15.2. The number of hydrogen-bond donors (Lipinski definition) is 0. The SMILES string of the molecule is Cc1c(C#N)ccc(N2CC3(CCN(C(C)C)CC3)CC2C)c1C. The van der Waals surface area contributed by atoms with Crippen LogP contribution in [0.1, 0.15) is 56.7 Å². The summed E-state index contributed by atoms with van der Waals surface area (Å²) in [4.78, 5) is 5.23. The maximum Gasteiger partial charge on any atom is 0.0994 e. The summed E-state index contributed by atoms with van der Waals surface area (Å²) in [6.07, 6.45) is 3.94. The average Bonchev–Trinajstić information content (AvgIpc) is 2.86. The van der Waals surface area contributed by atoms with Crippen molar-refractivity contribution in [1.29, 1.82) is 5.26 Å². The van der Waals surface area contributed by atoms with Crippen LogP contribution in [-0.2, 0) is 0 Å². The van der Waals surface area contributed by atoms with Crippen molar-refractivity contribution in [3.63, 3.8) is 0 Å². The van der Waals surface area contributed by atoms with E-state index in [-0.39, 0.29) is 0 Å². The third-order valence-electron chi connectivity index (χ3n) is 6.54.